The van der Waals surface area contributed by atoms with Gasteiger partial charge in [-0.05, 0) is 57.0 Å². The van der Waals surface area contributed by atoms with E-state index in [0.717, 1.165) is 32.4 Å². The van der Waals surface area contributed by atoms with Gasteiger partial charge in [-0.15, -0.1) is 0 Å². The molecule has 1 spiro atoms. The fourth-order valence-electron chi connectivity index (χ4n) is 5.41. The number of hydrogen-bond donors (Lipinski definition) is 1. The van der Waals surface area contributed by atoms with Crippen LogP contribution in [0.3, 0.4) is 0 Å². The molecular formula is C16H30N2O2S. The van der Waals surface area contributed by atoms with Crippen molar-refractivity contribution in [2.45, 2.75) is 68.6 Å². The first-order valence-corrected chi connectivity index (χ1v) is 10.5. The second-order valence-electron chi connectivity index (χ2n) is 7.71. The predicted octanol–water partition coefficient (Wildman–Crippen LogP) is 1.94. The second kappa shape index (κ2) is 5.50. The molecule has 0 aromatic heterocycles. The third-order valence-corrected chi connectivity index (χ3v) is 8.37. The summed E-state index contributed by atoms with van der Waals surface area (Å²) in [4.78, 5) is 2.45. The fraction of sp³-hybridized carbons (Fsp3) is 1.00. The molecule has 2 atom stereocenters. The molecule has 3 fully saturated rings. The quantitative estimate of drug-likeness (QED) is 0.864. The number of sulfone groups is 1. The summed E-state index contributed by atoms with van der Waals surface area (Å²) in [6.07, 6.45) is 12.1. The van der Waals surface area contributed by atoms with Crippen LogP contribution in [0.1, 0.15) is 57.8 Å². The molecule has 0 aromatic carbocycles. The van der Waals surface area contributed by atoms with Gasteiger partial charge in [0.25, 0.3) is 0 Å². The lowest BCUT2D eigenvalue weighted by atomic mass is 9.75. The maximum Gasteiger partial charge on any atom is 0.152 e. The standard InChI is InChI=1S/C16H30N2O2S/c1-21(19,20)14-5-4-8-16(14,13-17)18-11-9-15(10-12-18)6-2-3-7-15/h14H,2-13,17H2,1H3. The summed E-state index contributed by atoms with van der Waals surface area (Å²) in [5, 5.41) is -0.257. The summed E-state index contributed by atoms with van der Waals surface area (Å²) in [5.74, 6) is 0. The van der Waals surface area contributed by atoms with Crippen LogP contribution >= 0.6 is 0 Å². The van der Waals surface area contributed by atoms with E-state index in [4.69, 9.17) is 5.73 Å². The molecule has 2 saturated carbocycles. The number of nitrogens with zero attached hydrogens (tertiary/aromatic N) is 1. The number of nitrogens with two attached hydrogens (primary N) is 1. The van der Waals surface area contributed by atoms with Crippen molar-refractivity contribution in [1.29, 1.82) is 0 Å². The Hall–Kier alpha value is -0.130. The first kappa shape index (κ1) is 15.8. The molecule has 2 N–H and O–H groups in total. The zero-order valence-corrected chi connectivity index (χ0v) is 14.1. The molecule has 21 heavy (non-hydrogen) atoms. The van der Waals surface area contributed by atoms with Crippen LogP contribution in [0, 0.1) is 5.41 Å². The Morgan fingerprint density at radius 3 is 2.19 bits per heavy atom. The van der Waals surface area contributed by atoms with Crippen molar-refractivity contribution in [2.24, 2.45) is 11.1 Å². The van der Waals surface area contributed by atoms with Crippen LogP contribution in [0.4, 0.5) is 0 Å². The van der Waals surface area contributed by atoms with Crippen molar-refractivity contribution in [1.82, 2.24) is 4.90 Å². The molecule has 122 valence electrons. The Morgan fingerprint density at radius 2 is 1.67 bits per heavy atom. The van der Waals surface area contributed by atoms with Crippen LogP contribution in [0.15, 0.2) is 0 Å². The molecule has 0 radical (unpaired) electrons. The van der Waals surface area contributed by atoms with E-state index in [1.54, 1.807) is 0 Å². The van der Waals surface area contributed by atoms with Gasteiger partial charge in [-0.3, -0.25) is 4.90 Å². The van der Waals surface area contributed by atoms with Crippen LogP contribution in [0.5, 0.6) is 0 Å². The topological polar surface area (TPSA) is 63.4 Å². The lowest BCUT2D eigenvalue weighted by molar-refractivity contribution is 0.0267. The summed E-state index contributed by atoms with van der Waals surface area (Å²) in [6.45, 7) is 2.57. The van der Waals surface area contributed by atoms with E-state index in [2.05, 4.69) is 4.90 Å². The van der Waals surface area contributed by atoms with Crippen LogP contribution in [-0.2, 0) is 9.84 Å². The van der Waals surface area contributed by atoms with Gasteiger partial charge < -0.3 is 5.73 Å². The molecule has 1 heterocycles. The van der Waals surface area contributed by atoms with Gasteiger partial charge in [-0.2, -0.15) is 0 Å². The molecule has 2 unspecified atom stereocenters. The molecule has 0 bridgehead atoms. The second-order valence-corrected chi connectivity index (χ2v) is 9.94. The number of hydrogen-bond acceptors (Lipinski definition) is 4. The van der Waals surface area contributed by atoms with E-state index in [0.29, 0.717) is 12.0 Å². The van der Waals surface area contributed by atoms with Gasteiger partial charge in [0, 0.05) is 18.3 Å². The molecule has 5 heteroatoms. The first-order valence-electron chi connectivity index (χ1n) is 8.56. The van der Waals surface area contributed by atoms with Gasteiger partial charge in [0.05, 0.1) is 5.25 Å². The zero-order chi connectivity index (χ0) is 15.1. The third kappa shape index (κ3) is 2.66. The highest BCUT2D eigenvalue weighted by Crippen LogP contribution is 2.49. The van der Waals surface area contributed by atoms with E-state index >= 15 is 0 Å². The molecule has 1 aliphatic heterocycles. The van der Waals surface area contributed by atoms with Crippen molar-refractivity contribution in [2.75, 3.05) is 25.9 Å². The fourth-order valence-corrected chi connectivity index (χ4v) is 7.17. The lowest BCUT2D eigenvalue weighted by Gasteiger charge is -2.50. The molecular weight excluding hydrogens is 284 g/mol. The molecule has 2 aliphatic carbocycles. The highest BCUT2D eigenvalue weighted by Gasteiger charge is 2.52. The average molecular weight is 314 g/mol. The highest BCUT2D eigenvalue weighted by molar-refractivity contribution is 7.91. The Morgan fingerprint density at radius 1 is 1.05 bits per heavy atom. The molecule has 3 rings (SSSR count). The number of piperidine rings is 1. The number of rotatable bonds is 3. The van der Waals surface area contributed by atoms with Gasteiger partial charge in [0.1, 0.15) is 0 Å². The molecule has 0 aromatic rings. The SMILES string of the molecule is CS(=O)(=O)C1CCCC1(CN)N1CCC2(CCCC2)CC1. The summed E-state index contributed by atoms with van der Waals surface area (Å²) in [7, 11) is -3.02. The molecule has 4 nitrogen and oxygen atoms in total. The maximum absolute atomic E-state index is 12.2. The van der Waals surface area contributed by atoms with E-state index in [1.807, 2.05) is 0 Å². The van der Waals surface area contributed by atoms with Crippen molar-refractivity contribution in [3.63, 3.8) is 0 Å². The van der Waals surface area contributed by atoms with Gasteiger partial charge in [-0.1, -0.05) is 19.3 Å². The summed E-state index contributed by atoms with van der Waals surface area (Å²) in [5.41, 5.74) is 6.42. The lowest BCUT2D eigenvalue weighted by Crippen LogP contribution is -2.62. The van der Waals surface area contributed by atoms with E-state index in [9.17, 15) is 8.42 Å². The monoisotopic (exact) mass is 314 g/mol. The third-order valence-electron chi connectivity index (χ3n) is 6.66. The van der Waals surface area contributed by atoms with Crippen LogP contribution < -0.4 is 5.73 Å². The van der Waals surface area contributed by atoms with Gasteiger partial charge in [0.2, 0.25) is 0 Å². The van der Waals surface area contributed by atoms with Gasteiger partial charge in [0.15, 0.2) is 9.84 Å². The maximum atomic E-state index is 12.2. The highest BCUT2D eigenvalue weighted by atomic mass is 32.2. The minimum Gasteiger partial charge on any atom is -0.329 e. The molecule has 3 aliphatic rings. The van der Waals surface area contributed by atoms with Crippen molar-refractivity contribution < 1.29 is 8.42 Å². The predicted molar refractivity (Wildman–Crippen MR) is 86.0 cm³/mol. The summed E-state index contributed by atoms with van der Waals surface area (Å²) >= 11 is 0. The van der Waals surface area contributed by atoms with Crippen LogP contribution in [-0.4, -0.2) is 50.0 Å². The van der Waals surface area contributed by atoms with Crippen molar-refractivity contribution >= 4 is 9.84 Å². The van der Waals surface area contributed by atoms with Crippen molar-refractivity contribution in [3.05, 3.63) is 0 Å². The Kier molecular flexibility index (Phi) is 4.13. The first-order chi connectivity index (χ1) is 9.92. The smallest absolute Gasteiger partial charge is 0.152 e. The number of likely N-dealkylation sites (tertiary alicyclic amines) is 1. The molecule has 0 amide bonds. The Labute approximate surface area is 129 Å². The average Bonchev–Trinajstić information content (AvgIpc) is 3.07. The summed E-state index contributed by atoms with van der Waals surface area (Å²) < 4.78 is 24.4. The van der Waals surface area contributed by atoms with Crippen LogP contribution in [0.2, 0.25) is 0 Å². The van der Waals surface area contributed by atoms with Gasteiger partial charge >= 0.3 is 0 Å². The van der Waals surface area contributed by atoms with Crippen LogP contribution in [0.25, 0.3) is 0 Å². The minimum absolute atomic E-state index is 0.257. The van der Waals surface area contributed by atoms with E-state index < -0.39 is 9.84 Å². The Balaban J connectivity index is 1.78. The Bertz CT molecular complexity index is 475. The van der Waals surface area contributed by atoms with E-state index in [1.165, 1.54) is 44.8 Å². The largest absolute Gasteiger partial charge is 0.329 e. The minimum atomic E-state index is -3.02. The normalized spacial score (nSPS) is 37.3. The molecule has 1 saturated heterocycles. The van der Waals surface area contributed by atoms with Gasteiger partial charge in [-0.25, -0.2) is 8.42 Å². The van der Waals surface area contributed by atoms with Crippen molar-refractivity contribution in [3.8, 4) is 0 Å². The zero-order valence-electron chi connectivity index (χ0n) is 13.3. The summed E-state index contributed by atoms with van der Waals surface area (Å²) in [6, 6.07) is 0. The van der Waals surface area contributed by atoms with E-state index in [-0.39, 0.29) is 10.8 Å².